The molecule has 2 N–H and O–H groups in total. The number of hydrogen-bond acceptors (Lipinski definition) is 3. The third-order valence-electron chi connectivity index (χ3n) is 5.58. The second kappa shape index (κ2) is 6.91. The standard InChI is InChI=1S/C18H29N3/c1-20-16-9-10-18(20)14-21(12-11-16)17(13-19)8-7-15-5-3-2-4-6-15/h2-6,16-18H,7-14,19H2,1H3. The number of nitrogens with zero attached hydrogens (tertiary/aromatic N) is 2. The molecule has 0 radical (unpaired) electrons. The van der Waals surface area contributed by atoms with Gasteiger partial charge in [0.05, 0.1) is 0 Å². The number of fused-ring (bicyclic) bond motifs is 2. The van der Waals surface area contributed by atoms with Crippen LogP contribution in [-0.2, 0) is 6.42 Å². The van der Waals surface area contributed by atoms with Gasteiger partial charge in [0.15, 0.2) is 0 Å². The number of likely N-dealkylation sites (tertiary alicyclic amines) is 1. The predicted molar refractivity (Wildman–Crippen MR) is 88.4 cm³/mol. The Bertz CT molecular complexity index is 433. The van der Waals surface area contributed by atoms with Crippen molar-refractivity contribution < 1.29 is 0 Å². The summed E-state index contributed by atoms with van der Waals surface area (Å²) in [5, 5.41) is 0. The Morgan fingerprint density at radius 1 is 1.14 bits per heavy atom. The van der Waals surface area contributed by atoms with Crippen molar-refractivity contribution in [1.29, 1.82) is 0 Å². The van der Waals surface area contributed by atoms with Crippen molar-refractivity contribution in [3.63, 3.8) is 0 Å². The van der Waals surface area contributed by atoms with Gasteiger partial charge >= 0.3 is 0 Å². The van der Waals surface area contributed by atoms with Crippen molar-refractivity contribution in [2.75, 3.05) is 26.7 Å². The number of aryl methyl sites for hydroxylation is 1. The summed E-state index contributed by atoms with van der Waals surface area (Å²) in [6, 6.07) is 12.9. The van der Waals surface area contributed by atoms with Crippen LogP contribution in [0, 0.1) is 0 Å². The minimum Gasteiger partial charge on any atom is -0.329 e. The molecular weight excluding hydrogens is 258 g/mol. The molecular formula is C18H29N3. The molecule has 3 rings (SSSR count). The predicted octanol–water partition coefficient (Wildman–Crippen LogP) is 2.11. The zero-order valence-corrected chi connectivity index (χ0v) is 13.2. The van der Waals surface area contributed by atoms with E-state index < -0.39 is 0 Å². The first kappa shape index (κ1) is 15.0. The highest BCUT2D eigenvalue weighted by molar-refractivity contribution is 5.14. The normalized spacial score (nSPS) is 28.5. The molecule has 2 saturated heterocycles. The van der Waals surface area contributed by atoms with E-state index in [2.05, 4.69) is 47.2 Å². The molecule has 0 amide bonds. The first-order chi connectivity index (χ1) is 10.3. The lowest BCUT2D eigenvalue weighted by atomic mass is 10.0. The number of benzene rings is 1. The maximum Gasteiger partial charge on any atom is 0.0223 e. The molecule has 2 fully saturated rings. The van der Waals surface area contributed by atoms with Crippen LogP contribution < -0.4 is 5.73 Å². The fourth-order valence-electron chi connectivity index (χ4n) is 4.09. The second-order valence-electron chi connectivity index (χ2n) is 6.75. The van der Waals surface area contributed by atoms with Crippen LogP contribution in [0.5, 0.6) is 0 Å². The zero-order valence-electron chi connectivity index (χ0n) is 13.2. The summed E-state index contributed by atoms with van der Waals surface area (Å²) in [5.41, 5.74) is 7.53. The van der Waals surface area contributed by atoms with Gasteiger partial charge in [-0.2, -0.15) is 0 Å². The Labute approximate surface area is 129 Å². The monoisotopic (exact) mass is 287 g/mol. The molecule has 2 heterocycles. The molecule has 1 aromatic carbocycles. The molecule has 0 saturated carbocycles. The van der Waals surface area contributed by atoms with Gasteiger partial charge in [0.25, 0.3) is 0 Å². The zero-order chi connectivity index (χ0) is 14.7. The smallest absolute Gasteiger partial charge is 0.0223 e. The summed E-state index contributed by atoms with van der Waals surface area (Å²) >= 11 is 0. The van der Waals surface area contributed by atoms with E-state index in [0.717, 1.165) is 25.0 Å². The summed E-state index contributed by atoms with van der Waals surface area (Å²) in [6.45, 7) is 3.22. The van der Waals surface area contributed by atoms with Crippen molar-refractivity contribution in [3.05, 3.63) is 35.9 Å². The number of likely N-dealkylation sites (N-methyl/N-ethyl adjacent to an activating group) is 1. The van der Waals surface area contributed by atoms with Crippen molar-refractivity contribution in [2.24, 2.45) is 5.73 Å². The van der Waals surface area contributed by atoms with Gasteiger partial charge in [0.1, 0.15) is 0 Å². The fourth-order valence-corrected chi connectivity index (χ4v) is 4.09. The van der Waals surface area contributed by atoms with E-state index in [-0.39, 0.29) is 0 Å². The fraction of sp³-hybridized carbons (Fsp3) is 0.667. The Balaban J connectivity index is 1.58. The van der Waals surface area contributed by atoms with Crippen LogP contribution in [0.25, 0.3) is 0 Å². The van der Waals surface area contributed by atoms with Crippen molar-refractivity contribution in [1.82, 2.24) is 9.80 Å². The highest BCUT2D eigenvalue weighted by Gasteiger charge is 2.36. The van der Waals surface area contributed by atoms with Gasteiger partial charge in [0.2, 0.25) is 0 Å². The van der Waals surface area contributed by atoms with E-state index in [0.29, 0.717) is 6.04 Å². The molecule has 1 aromatic rings. The Morgan fingerprint density at radius 3 is 2.67 bits per heavy atom. The molecule has 3 unspecified atom stereocenters. The van der Waals surface area contributed by atoms with Gasteiger partial charge in [-0.25, -0.2) is 0 Å². The highest BCUT2D eigenvalue weighted by atomic mass is 15.3. The van der Waals surface area contributed by atoms with E-state index in [4.69, 9.17) is 5.73 Å². The maximum atomic E-state index is 6.10. The molecule has 0 aliphatic carbocycles. The third-order valence-corrected chi connectivity index (χ3v) is 5.58. The number of hydrogen-bond donors (Lipinski definition) is 1. The summed E-state index contributed by atoms with van der Waals surface area (Å²) in [7, 11) is 2.31. The van der Waals surface area contributed by atoms with Crippen molar-refractivity contribution in [3.8, 4) is 0 Å². The summed E-state index contributed by atoms with van der Waals surface area (Å²) in [5.74, 6) is 0. The van der Waals surface area contributed by atoms with Crippen LogP contribution in [0.15, 0.2) is 30.3 Å². The lowest BCUT2D eigenvalue weighted by Gasteiger charge is -2.32. The number of nitrogens with two attached hydrogens (primary N) is 1. The largest absolute Gasteiger partial charge is 0.329 e. The molecule has 2 aliphatic heterocycles. The lowest BCUT2D eigenvalue weighted by Crippen LogP contribution is -2.45. The van der Waals surface area contributed by atoms with E-state index >= 15 is 0 Å². The lowest BCUT2D eigenvalue weighted by molar-refractivity contribution is 0.167. The maximum absolute atomic E-state index is 6.10. The summed E-state index contributed by atoms with van der Waals surface area (Å²) < 4.78 is 0. The van der Waals surface area contributed by atoms with E-state index in [9.17, 15) is 0 Å². The van der Waals surface area contributed by atoms with Crippen LogP contribution in [0.3, 0.4) is 0 Å². The molecule has 116 valence electrons. The first-order valence-corrected chi connectivity index (χ1v) is 8.48. The van der Waals surface area contributed by atoms with E-state index in [1.807, 2.05) is 0 Å². The van der Waals surface area contributed by atoms with Crippen LogP contribution in [0.2, 0.25) is 0 Å². The first-order valence-electron chi connectivity index (χ1n) is 8.48. The van der Waals surface area contributed by atoms with Crippen LogP contribution in [0.1, 0.15) is 31.2 Å². The minimum atomic E-state index is 0.540. The molecule has 2 bridgehead atoms. The van der Waals surface area contributed by atoms with Crippen molar-refractivity contribution >= 4 is 0 Å². The highest BCUT2D eigenvalue weighted by Crippen LogP contribution is 2.29. The minimum absolute atomic E-state index is 0.540. The van der Waals surface area contributed by atoms with Crippen LogP contribution >= 0.6 is 0 Å². The Kier molecular flexibility index (Phi) is 4.94. The summed E-state index contributed by atoms with van der Waals surface area (Å²) in [4.78, 5) is 5.29. The quantitative estimate of drug-likeness (QED) is 0.900. The summed E-state index contributed by atoms with van der Waals surface area (Å²) in [6.07, 6.45) is 6.40. The third kappa shape index (κ3) is 3.47. The van der Waals surface area contributed by atoms with Crippen LogP contribution in [0.4, 0.5) is 0 Å². The molecule has 3 heteroatoms. The average molecular weight is 287 g/mol. The molecule has 3 nitrogen and oxygen atoms in total. The van der Waals surface area contributed by atoms with Gasteiger partial charge < -0.3 is 5.73 Å². The van der Waals surface area contributed by atoms with Crippen molar-refractivity contribution in [2.45, 2.75) is 50.2 Å². The Hall–Kier alpha value is -0.900. The second-order valence-corrected chi connectivity index (χ2v) is 6.75. The van der Waals surface area contributed by atoms with Gasteiger partial charge in [-0.15, -0.1) is 0 Å². The van der Waals surface area contributed by atoms with Gasteiger partial charge in [0, 0.05) is 37.8 Å². The molecule has 21 heavy (non-hydrogen) atoms. The molecule has 2 aliphatic rings. The molecule has 0 spiro atoms. The van der Waals surface area contributed by atoms with E-state index in [1.54, 1.807) is 0 Å². The SMILES string of the molecule is CN1C2CCC1CN(C(CN)CCc1ccccc1)CC2. The molecule has 3 atom stereocenters. The van der Waals surface area contributed by atoms with Gasteiger partial charge in [-0.05, 0) is 44.7 Å². The van der Waals surface area contributed by atoms with Gasteiger partial charge in [-0.1, -0.05) is 30.3 Å². The van der Waals surface area contributed by atoms with E-state index in [1.165, 1.54) is 44.3 Å². The van der Waals surface area contributed by atoms with Gasteiger partial charge in [-0.3, -0.25) is 9.80 Å². The van der Waals surface area contributed by atoms with Crippen LogP contribution in [-0.4, -0.2) is 54.6 Å². The molecule has 0 aromatic heterocycles. The average Bonchev–Trinajstić information content (AvgIpc) is 2.75. The number of rotatable bonds is 5. The topological polar surface area (TPSA) is 32.5 Å². The Morgan fingerprint density at radius 2 is 1.90 bits per heavy atom.